The van der Waals surface area contributed by atoms with E-state index in [0.717, 1.165) is 0 Å². The fourth-order valence-electron chi connectivity index (χ4n) is 5.22. The summed E-state index contributed by atoms with van der Waals surface area (Å²) in [5.41, 5.74) is 2.76. The van der Waals surface area contributed by atoms with Gasteiger partial charge in [-0.05, 0) is 43.7 Å². The smallest absolute Gasteiger partial charge is 0.338 e. The number of nitro benzene ring substituents is 1. The molecule has 3 aromatic carbocycles. The van der Waals surface area contributed by atoms with Crippen molar-refractivity contribution < 1.29 is 23.6 Å². The number of carbonyl (C=O) groups is 1. The number of fused-ring (bicyclic) bond motifs is 1. The summed E-state index contributed by atoms with van der Waals surface area (Å²) in [6.07, 6.45) is 1.61. The van der Waals surface area contributed by atoms with E-state index in [-0.39, 0.29) is 23.4 Å². The van der Waals surface area contributed by atoms with Crippen LogP contribution in [0.25, 0.3) is 23.1 Å². The Morgan fingerprint density at radius 1 is 1.07 bits per heavy atom. The number of thiazole rings is 1. The maximum atomic E-state index is 14.1. The van der Waals surface area contributed by atoms with Crippen molar-refractivity contribution >= 4 is 34.8 Å². The molecule has 10 nitrogen and oxygen atoms in total. The summed E-state index contributed by atoms with van der Waals surface area (Å²) in [6.45, 7) is 3.55. The van der Waals surface area contributed by atoms with Crippen molar-refractivity contribution in [1.82, 2.24) is 4.57 Å². The topological polar surface area (TPSA) is 126 Å². The second-order valence-corrected chi connectivity index (χ2v) is 11.2. The number of nitrogens with zero attached hydrogens (tertiary/aromatic N) is 3. The molecule has 0 saturated carbocycles. The minimum Gasteiger partial charge on any atom is -0.497 e. The first-order valence-electron chi connectivity index (χ1n) is 14.1. The highest BCUT2D eigenvalue weighted by Gasteiger charge is 2.35. The number of methoxy groups -OCH3 is 1. The van der Waals surface area contributed by atoms with E-state index in [1.54, 1.807) is 63.4 Å². The monoisotopic (exact) mass is 621 g/mol. The molecular formula is C34H27N3O7S. The summed E-state index contributed by atoms with van der Waals surface area (Å²) in [4.78, 5) is 43.9. The summed E-state index contributed by atoms with van der Waals surface area (Å²) in [5, 5.41) is 11.4. The zero-order valence-corrected chi connectivity index (χ0v) is 25.4. The van der Waals surface area contributed by atoms with Crippen LogP contribution in [0, 0.1) is 17.0 Å². The molecule has 1 atom stereocenters. The lowest BCUT2D eigenvalue weighted by Gasteiger charge is -2.26. The molecule has 2 aromatic heterocycles. The minimum atomic E-state index is -0.830. The molecule has 0 spiro atoms. The van der Waals surface area contributed by atoms with E-state index >= 15 is 0 Å². The first kappa shape index (κ1) is 29.5. The zero-order chi connectivity index (χ0) is 31.7. The molecule has 0 aliphatic carbocycles. The molecule has 226 valence electrons. The normalized spacial score (nSPS) is 14.6. The van der Waals surface area contributed by atoms with Gasteiger partial charge in [0.1, 0.15) is 17.3 Å². The molecule has 45 heavy (non-hydrogen) atoms. The number of hydrogen-bond acceptors (Lipinski definition) is 9. The van der Waals surface area contributed by atoms with Crippen molar-refractivity contribution in [2.24, 2.45) is 4.99 Å². The van der Waals surface area contributed by atoms with Crippen LogP contribution in [0.1, 0.15) is 35.4 Å². The SMILES string of the molecule is CCOC(=O)C1=C(c2ccccc2)N=c2s/c(=C\c3ccc(-c4ccc(C)c([N+](=O)[O-])c4)o3)c(=O)n2[C@H]1c1ccc(OC)cc1. The predicted molar refractivity (Wildman–Crippen MR) is 170 cm³/mol. The second kappa shape index (κ2) is 12.2. The Kier molecular flexibility index (Phi) is 8.01. The average Bonchev–Trinajstić information content (AvgIpc) is 3.65. The van der Waals surface area contributed by atoms with Crippen LogP contribution in [-0.4, -0.2) is 29.2 Å². The van der Waals surface area contributed by atoms with E-state index < -0.39 is 16.9 Å². The molecule has 0 N–H and O–H groups in total. The van der Waals surface area contributed by atoms with Crippen molar-refractivity contribution in [2.75, 3.05) is 13.7 Å². The minimum absolute atomic E-state index is 0.0103. The van der Waals surface area contributed by atoms with Crippen LogP contribution in [0.2, 0.25) is 0 Å². The van der Waals surface area contributed by atoms with Gasteiger partial charge >= 0.3 is 5.97 Å². The molecule has 6 rings (SSSR count). The van der Waals surface area contributed by atoms with Crippen molar-refractivity contribution in [3.63, 3.8) is 0 Å². The Bertz CT molecular complexity index is 2140. The van der Waals surface area contributed by atoms with E-state index in [1.165, 1.54) is 22.0 Å². The molecule has 0 fully saturated rings. The van der Waals surface area contributed by atoms with Crippen molar-refractivity contribution in [2.45, 2.75) is 19.9 Å². The number of aromatic nitrogens is 1. The number of nitro groups is 1. The largest absolute Gasteiger partial charge is 0.497 e. The van der Waals surface area contributed by atoms with Gasteiger partial charge in [-0.3, -0.25) is 19.5 Å². The van der Waals surface area contributed by atoms with Crippen LogP contribution in [0.15, 0.2) is 105 Å². The summed E-state index contributed by atoms with van der Waals surface area (Å²) in [7, 11) is 1.57. The van der Waals surface area contributed by atoms with Gasteiger partial charge in [0.05, 0.1) is 40.5 Å². The Balaban J connectivity index is 1.53. The number of benzene rings is 3. The standard InChI is InChI=1S/C34H27N3O7S/c1-4-43-33(39)29-30(21-8-6-5-7-9-21)35-34-36(31(29)22-12-14-24(42-3)15-13-22)32(38)28(45-34)19-25-16-17-27(44-25)23-11-10-20(2)26(18-23)37(40)41/h5-19,31H,4H2,1-3H3/b28-19-/t31-/m0/s1. The summed E-state index contributed by atoms with van der Waals surface area (Å²) >= 11 is 1.17. The molecule has 0 bridgehead atoms. The molecule has 5 aromatic rings. The van der Waals surface area contributed by atoms with Gasteiger partial charge in [0.15, 0.2) is 4.80 Å². The maximum Gasteiger partial charge on any atom is 0.338 e. The van der Waals surface area contributed by atoms with Gasteiger partial charge in [0.2, 0.25) is 0 Å². The Morgan fingerprint density at radius 3 is 2.51 bits per heavy atom. The van der Waals surface area contributed by atoms with Crippen LogP contribution in [-0.2, 0) is 9.53 Å². The number of rotatable bonds is 8. The van der Waals surface area contributed by atoms with Gasteiger partial charge in [0.25, 0.3) is 11.2 Å². The average molecular weight is 622 g/mol. The lowest BCUT2D eigenvalue weighted by molar-refractivity contribution is -0.385. The molecule has 11 heteroatoms. The van der Waals surface area contributed by atoms with Crippen LogP contribution in [0.5, 0.6) is 5.75 Å². The third kappa shape index (κ3) is 5.61. The van der Waals surface area contributed by atoms with Crippen LogP contribution < -0.4 is 19.6 Å². The highest BCUT2D eigenvalue weighted by atomic mass is 32.1. The summed E-state index contributed by atoms with van der Waals surface area (Å²) < 4.78 is 18.7. The number of esters is 1. The van der Waals surface area contributed by atoms with E-state index in [0.29, 0.717) is 54.6 Å². The summed E-state index contributed by atoms with van der Waals surface area (Å²) in [5.74, 6) is 0.860. The van der Waals surface area contributed by atoms with Gasteiger partial charge in [-0.2, -0.15) is 0 Å². The van der Waals surface area contributed by atoms with E-state index in [1.807, 2.05) is 42.5 Å². The molecule has 0 radical (unpaired) electrons. The number of furan rings is 1. The molecule has 0 saturated heterocycles. The van der Waals surface area contributed by atoms with Crippen molar-refractivity contribution in [3.05, 3.63) is 143 Å². The number of ether oxygens (including phenoxy) is 2. The van der Waals surface area contributed by atoms with Gasteiger partial charge in [-0.15, -0.1) is 0 Å². The highest BCUT2D eigenvalue weighted by Crippen LogP contribution is 2.36. The van der Waals surface area contributed by atoms with E-state index in [4.69, 9.17) is 18.9 Å². The van der Waals surface area contributed by atoms with Gasteiger partial charge in [-0.25, -0.2) is 9.79 Å². The number of hydrogen-bond donors (Lipinski definition) is 0. The van der Waals surface area contributed by atoms with Crippen molar-refractivity contribution in [3.8, 4) is 17.1 Å². The van der Waals surface area contributed by atoms with Crippen LogP contribution >= 0.6 is 11.3 Å². The lowest BCUT2D eigenvalue weighted by atomic mass is 9.93. The van der Waals surface area contributed by atoms with Crippen LogP contribution in [0.4, 0.5) is 5.69 Å². The third-order valence-corrected chi connectivity index (χ3v) is 8.38. The summed E-state index contributed by atoms with van der Waals surface area (Å²) in [6, 6.07) is 23.9. The first-order valence-corrected chi connectivity index (χ1v) is 14.9. The fourth-order valence-corrected chi connectivity index (χ4v) is 6.20. The lowest BCUT2D eigenvalue weighted by Crippen LogP contribution is -2.40. The highest BCUT2D eigenvalue weighted by molar-refractivity contribution is 7.07. The maximum absolute atomic E-state index is 14.1. The quantitative estimate of drug-likeness (QED) is 0.129. The third-order valence-electron chi connectivity index (χ3n) is 7.40. The van der Waals surface area contributed by atoms with E-state index in [2.05, 4.69) is 0 Å². The van der Waals surface area contributed by atoms with Crippen molar-refractivity contribution in [1.29, 1.82) is 0 Å². The predicted octanol–water partition coefficient (Wildman–Crippen LogP) is 5.42. The van der Waals surface area contributed by atoms with Gasteiger partial charge < -0.3 is 13.9 Å². The molecule has 3 heterocycles. The zero-order valence-electron chi connectivity index (χ0n) is 24.6. The first-order chi connectivity index (χ1) is 21.8. The van der Waals surface area contributed by atoms with Crippen LogP contribution in [0.3, 0.4) is 0 Å². The fraction of sp³-hybridized carbons (Fsp3) is 0.147. The van der Waals surface area contributed by atoms with Gasteiger partial charge in [0, 0.05) is 28.8 Å². The Morgan fingerprint density at radius 2 is 1.82 bits per heavy atom. The second-order valence-electron chi connectivity index (χ2n) is 10.2. The number of aryl methyl sites for hydroxylation is 1. The van der Waals surface area contributed by atoms with E-state index in [9.17, 15) is 19.7 Å². The molecular weight excluding hydrogens is 594 g/mol. The Labute approximate surface area is 261 Å². The molecule has 1 aliphatic heterocycles. The Hall–Kier alpha value is -5.55. The molecule has 0 unspecified atom stereocenters. The number of carbonyl (C=O) groups excluding carboxylic acids is 1. The van der Waals surface area contributed by atoms with Gasteiger partial charge in [-0.1, -0.05) is 65.9 Å². The molecule has 1 aliphatic rings. The molecule has 0 amide bonds.